The Labute approximate surface area is 105 Å². The van der Waals surface area contributed by atoms with Gasteiger partial charge in [0.2, 0.25) is 0 Å². The highest BCUT2D eigenvalue weighted by Crippen LogP contribution is 2.24. The SMILES string of the molecule is OC(Cc1cc(F)ccc1F)c1ccc(Br)o1. The van der Waals surface area contributed by atoms with E-state index in [9.17, 15) is 13.9 Å². The van der Waals surface area contributed by atoms with Crippen LogP contribution in [0.25, 0.3) is 0 Å². The number of furan rings is 1. The number of benzene rings is 1. The van der Waals surface area contributed by atoms with E-state index in [1.54, 1.807) is 12.1 Å². The summed E-state index contributed by atoms with van der Waals surface area (Å²) < 4.78 is 31.9. The highest BCUT2D eigenvalue weighted by molar-refractivity contribution is 9.10. The molecule has 0 spiro atoms. The quantitative estimate of drug-likeness (QED) is 0.940. The average molecular weight is 303 g/mol. The van der Waals surface area contributed by atoms with E-state index in [1.165, 1.54) is 0 Å². The number of aliphatic hydroxyl groups excluding tert-OH is 1. The maximum absolute atomic E-state index is 13.3. The first-order chi connectivity index (χ1) is 8.06. The van der Waals surface area contributed by atoms with Crippen LogP contribution in [0.15, 0.2) is 39.4 Å². The van der Waals surface area contributed by atoms with Crippen molar-refractivity contribution in [2.45, 2.75) is 12.5 Å². The minimum atomic E-state index is -1.00. The molecule has 0 saturated carbocycles. The molecule has 1 heterocycles. The van der Waals surface area contributed by atoms with Gasteiger partial charge >= 0.3 is 0 Å². The minimum absolute atomic E-state index is 0.0381. The van der Waals surface area contributed by atoms with Gasteiger partial charge < -0.3 is 9.52 Å². The summed E-state index contributed by atoms with van der Waals surface area (Å²) in [5.74, 6) is -0.772. The van der Waals surface area contributed by atoms with Crippen LogP contribution in [0.2, 0.25) is 0 Å². The Balaban J connectivity index is 2.18. The van der Waals surface area contributed by atoms with E-state index in [1.807, 2.05) is 0 Å². The van der Waals surface area contributed by atoms with Gasteiger partial charge in [-0.3, -0.25) is 0 Å². The summed E-state index contributed by atoms with van der Waals surface area (Å²) in [5, 5.41) is 9.80. The van der Waals surface area contributed by atoms with Gasteiger partial charge in [-0.1, -0.05) is 0 Å². The van der Waals surface area contributed by atoms with Gasteiger partial charge in [-0.15, -0.1) is 0 Å². The molecule has 0 amide bonds. The first kappa shape index (κ1) is 12.3. The Morgan fingerprint density at radius 3 is 2.65 bits per heavy atom. The third kappa shape index (κ3) is 2.92. The lowest BCUT2D eigenvalue weighted by Gasteiger charge is -2.08. The summed E-state index contributed by atoms with van der Waals surface area (Å²) >= 11 is 3.10. The van der Waals surface area contributed by atoms with E-state index in [0.29, 0.717) is 10.4 Å². The topological polar surface area (TPSA) is 33.4 Å². The molecule has 17 heavy (non-hydrogen) atoms. The van der Waals surface area contributed by atoms with E-state index in [0.717, 1.165) is 18.2 Å². The molecule has 0 radical (unpaired) electrons. The monoisotopic (exact) mass is 302 g/mol. The molecule has 2 nitrogen and oxygen atoms in total. The first-order valence-electron chi connectivity index (χ1n) is 4.93. The fourth-order valence-electron chi connectivity index (χ4n) is 1.52. The predicted octanol–water partition coefficient (Wildman–Crippen LogP) is 3.60. The Morgan fingerprint density at radius 1 is 1.24 bits per heavy atom. The molecular formula is C12H9BrF2O2. The van der Waals surface area contributed by atoms with E-state index >= 15 is 0 Å². The normalized spacial score (nSPS) is 12.7. The molecule has 90 valence electrons. The van der Waals surface area contributed by atoms with E-state index in [4.69, 9.17) is 4.42 Å². The van der Waals surface area contributed by atoms with Crippen molar-refractivity contribution in [3.05, 3.63) is 58.0 Å². The second-order valence-corrected chi connectivity index (χ2v) is 4.38. The second kappa shape index (κ2) is 4.98. The summed E-state index contributed by atoms with van der Waals surface area (Å²) in [6, 6.07) is 6.34. The van der Waals surface area contributed by atoms with Crippen LogP contribution >= 0.6 is 15.9 Å². The van der Waals surface area contributed by atoms with Crippen molar-refractivity contribution < 1.29 is 18.3 Å². The number of hydrogen-bond acceptors (Lipinski definition) is 2. The van der Waals surface area contributed by atoms with Crippen molar-refractivity contribution in [3.8, 4) is 0 Å². The number of aliphatic hydroxyl groups is 1. The molecule has 0 fully saturated rings. The van der Waals surface area contributed by atoms with Crippen LogP contribution in [0, 0.1) is 11.6 Å². The molecule has 1 atom stereocenters. The van der Waals surface area contributed by atoms with Crippen LogP contribution in [0.3, 0.4) is 0 Å². The minimum Gasteiger partial charge on any atom is -0.452 e. The van der Waals surface area contributed by atoms with Crippen molar-refractivity contribution in [2.75, 3.05) is 0 Å². The Kier molecular flexibility index (Phi) is 3.59. The fraction of sp³-hybridized carbons (Fsp3) is 0.167. The molecule has 2 rings (SSSR count). The Morgan fingerprint density at radius 2 is 2.00 bits per heavy atom. The van der Waals surface area contributed by atoms with Crippen LogP contribution in [-0.4, -0.2) is 5.11 Å². The molecule has 0 aliphatic rings. The van der Waals surface area contributed by atoms with Crippen LogP contribution in [0.4, 0.5) is 8.78 Å². The molecule has 0 bridgehead atoms. The van der Waals surface area contributed by atoms with Crippen LogP contribution < -0.4 is 0 Å². The van der Waals surface area contributed by atoms with E-state index < -0.39 is 17.7 Å². The molecule has 5 heteroatoms. The lowest BCUT2D eigenvalue weighted by atomic mass is 10.1. The zero-order valence-corrected chi connectivity index (χ0v) is 10.2. The predicted molar refractivity (Wildman–Crippen MR) is 61.4 cm³/mol. The molecule has 2 aromatic rings. The standard InChI is InChI=1S/C12H9BrF2O2/c13-12-4-3-11(17-12)10(16)6-7-5-8(14)1-2-9(7)15/h1-5,10,16H,6H2. The van der Waals surface area contributed by atoms with Gasteiger partial charge in [0.15, 0.2) is 4.67 Å². The summed E-state index contributed by atoms with van der Waals surface area (Å²) in [5.41, 5.74) is 0.116. The summed E-state index contributed by atoms with van der Waals surface area (Å²) in [7, 11) is 0. The summed E-state index contributed by atoms with van der Waals surface area (Å²) in [6.45, 7) is 0. The van der Waals surface area contributed by atoms with Crippen LogP contribution in [0.5, 0.6) is 0 Å². The molecular weight excluding hydrogens is 294 g/mol. The van der Waals surface area contributed by atoms with E-state index in [2.05, 4.69) is 15.9 Å². The Hall–Kier alpha value is -1.20. The number of halogens is 3. The highest BCUT2D eigenvalue weighted by Gasteiger charge is 2.15. The number of rotatable bonds is 3. The zero-order chi connectivity index (χ0) is 12.4. The van der Waals surface area contributed by atoms with Gasteiger partial charge in [-0.25, -0.2) is 8.78 Å². The number of hydrogen-bond donors (Lipinski definition) is 1. The lowest BCUT2D eigenvalue weighted by Crippen LogP contribution is -2.03. The van der Waals surface area contributed by atoms with Crippen molar-refractivity contribution >= 4 is 15.9 Å². The molecule has 0 aliphatic carbocycles. The van der Waals surface area contributed by atoms with Gasteiger partial charge in [-0.05, 0) is 51.8 Å². The molecule has 1 aromatic carbocycles. The summed E-state index contributed by atoms with van der Waals surface area (Å²) in [6.07, 6.45) is -1.04. The third-order valence-corrected chi connectivity index (χ3v) is 2.77. The van der Waals surface area contributed by atoms with Crippen molar-refractivity contribution in [1.82, 2.24) is 0 Å². The van der Waals surface area contributed by atoms with Gasteiger partial charge in [0.05, 0.1) is 0 Å². The third-order valence-electron chi connectivity index (χ3n) is 2.34. The van der Waals surface area contributed by atoms with Gasteiger partial charge in [0.1, 0.15) is 23.5 Å². The highest BCUT2D eigenvalue weighted by atomic mass is 79.9. The zero-order valence-electron chi connectivity index (χ0n) is 8.66. The maximum Gasteiger partial charge on any atom is 0.169 e. The smallest absolute Gasteiger partial charge is 0.169 e. The van der Waals surface area contributed by atoms with Gasteiger partial charge in [0, 0.05) is 6.42 Å². The fourth-order valence-corrected chi connectivity index (χ4v) is 1.84. The molecule has 0 aliphatic heterocycles. The summed E-state index contributed by atoms with van der Waals surface area (Å²) in [4.78, 5) is 0. The molecule has 1 aromatic heterocycles. The van der Waals surface area contributed by atoms with E-state index in [-0.39, 0.29) is 12.0 Å². The van der Waals surface area contributed by atoms with Crippen molar-refractivity contribution in [2.24, 2.45) is 0 Å². The van der Waals surface area contributed by atoms with Crippen molar-refractivity contribution in [3.63, 3.8) is 0 Å². The molecule has 1 N–H and O–H groups in total. The van der Waals surface area contributed by atoms with Gasteiger partial charge in [0.25, 0.3) is 0 Å². The Bertz CT molecular complexity index is 525. The van der Waals surface area contributed by atoms with Crippen LogP contribution in [0.1, 0.15) is 17.4 Å². The van der Waals surface area contributed by atoms with Crippen molar-refractivity contribution in [1.29, 1.82) is 0 Å². The average Bonchev–Trinajstić information content (AvgIpc) is 2.70. The molecule has 0 saturated heterocycles. The lowest BCUT2D eigenvalue weighted by molar-refractivity contribution is 0.147. The largest absolute Gasteiger partial charge is 0.452 e. The first-order valence-corrected chi connectivity index (χ1v) is 5.73. The van der Waals surface area contributed by atoms with Gasteiger partial charge in [-0.2, -0.15) is 0 Å². The molecule has 1 unspecified atom stereocenters. The second-order valence-electron chi connectivity index (χ2n) is 3.60. The van der Waals surface area contributed by atoms with Crippen LogP contribution in [-0.2, 0) is 6.42 Å². The maximum atomic E-state index is 13.3.